The van der Waals surface area contributed by atoms with Crippen molar-refractivity contribution in [2.24, 2.45) is 0 Å². The highest BCUT2D eigenvalue weighted by molar-refractivity contribution is 5.75. The first-order valence-corrected chi connectivity index (χ1v) is 5.11. The van der Waals surface area contributed by atoms with E-state index in [4.69, 9.17) is 9.26 Å². The number of methoxy groups -OCH3 is 1. The quantitative estimate of drug-likeness (QED) is 0.727. The van der Waals surface area contributed by atoms with E-state index in [0.717, 1.165) is 11.2 Å². The van der Waals surface area contributed by atoms with Crippen LogP contribution in [0, 0.1) is 6.92 Å². The van der Waals surface area contributed by atoms with Gasteiger partial charge in [-0.05, 0) is 13.0 Å². The van der Waals surface area contributed by atoms with Gasteiger partial charge in [0.1, 0.15) is 0 Å². The Bertz CT molecular complexity index is 671. The second-order valence-electron chi connectivity index (χ2n) is 3.64. The van der Waals surface area contributed by atoms with E-state index in [-0.39, 0.29) is 0 Å². The number of ether oxygens (including phenoxy) is 1. The van der Waals surface area contributed by atoms with Gasteiger partial charge in [-0.25, -0.2) is 4.98 Å². The van der Waals surface area contributed by atoms with Gasteiger partial charge in [-0.2, -0.15) is 4.98 Å². The van der Waals surface area contributed by atoms with Crippen LogP contribution in [-0.4, -0.2) is 27.2 Å². The smallest absolute Gasteiger partial charge is 0.215 e. The van der Waals surface area contributed by atoms with E-state index in [2.05, 4.69) is 20.1 Å². The molecule has 3 aromatic heterocycles. The molecule has 0 saturated carbocycles. The van der Waals surface area contributed by atoms with Gasteiger partial charge in [-0.1, -0.05) is 5.16 Å². The topological polar surface area (TPSA) is 76.8 Å². The molecule has 0 saturated heterocycles. The standard InChI is InChI=1S/C11H10N4O2/c1-6-5-8(17-15-6)11-12-7-3-4-9(16-2)13-10(7)14-11/h3-5H,1-2H3,(H,12,13,14). The van der Waals surface area contributed by atoms with E-state index in [9.17, 15) is 0 Å². The Hall–Kier alpha value is -2.37. The number of hydrogen-bond donors (Lipinski definition) is 1. The van der Waals surface area contributed by atoms with Crippen molar-refractivity contribution < 1.29 is 9.26 Å². The van der Waals surface area contributed by atoms with E-state index < -0.39 is 0 Å². The van der Waals surface area contributed by atoms with Crippen LogP contribution >= 0.6 is 0 Å². The molecule has 86 valence electrons. The van der Waals surface area contributed by atoms with Crippen LogP contribution in [0.4, 0.5) is 0 Å². The zero-order valence-electron chi connectivity index (χ0n) is 9.39. The summed E-state index contributed by atoms with van der Waals surface area (Å²) < 4.78 is 10.2. The Kier molecular flexibility index (Phi) is 2.07. The van der Waals surface area contributed by atoms with Crippen LogP contribution in [0.25, 0.3) is 22.7 Å². The zero-order chi connectivity index (χ0) is 11.8. The molecule has 0 bridgehead atoms. The average Bonchev–Trinajstić information content (AvgIpc) is 2.93. The van der Waals surface area contributed by atoms with Gasteiger partial charge in [0.15, 0.2) is 11.5 Å². The van der Waals surface area contributed by atoms with Gasteiger partial charge in [-0.3, -0.25) is 0 Å². The molecule has 0 aromatic carbocycles. The predicted octanol–water partition coefficient (Wildman–Crippen LogP) is 1.93. The van der Waals surface area contributed by atoms with E-state index in [1.165, 1.54) is 0 Å². The summed E-state index contributed by atoms with van der Waals surface area (Å²) in [5, 5.41) is 3.82. The van der Waals surface area contributed by atoms with Crippen molar-refractivity contribution in [3.63, 3.8) is 0 Å². The fourth-order valence-electron chi connectivity index (χ4n) is 1.58. The zero-order valence-corrected chi connectivity index (χ0v) is 9.39. The highest BCUT2D eigenvalue weighted by Gasteiger charge is 2.11. The number of nitrogens with zero attached hydrogens (tertiary/aromatic N) is 3. The van der Waals surface area contributed by atoms with Gasteiger partial charge in [0.25, 0.3) is 0 Å². The highest BCUT2D eigenvalue weighted by Crippen LogP contribution is 2.21. The molecule has 6 nitrogen and oxygen atoms in total. The molecular weight excluding hydrogens is 220 g/mol. The van der Waals surface area contributed by atoms with Gasteiger partial charge in [0.05, 0.1) is 18.3 Å². The Morgan fingerprint density at radius 1 is 1.29 bits per heavy atom. The molecule has 0 fully saturated rings. The SMILES string of the molecule is COc1ccc2[nH]c(-c3cc(C)no3)nc2n1. The van der Waals surface area contributed by atoms with Crippen LogP contribution in [0.5, 0.6) is 5.88 Å². The fourth-order valence-corrected chi connectivity index (χ4v) is 1.58. The molecule has 0 radical (unpaired) electrons. The van der Waals surface area contributed by atoms with Crippen molar-refractivity contribution >= 4 is 11.2 Å². The molecule has 0 aliphatic heterocycles. The molecule has 3 rings (SSSR count). The molecule has 0 atom stereocenters. The van der Waals surface area contributed by atoms with Crippen LogP contribution in [0.3, 0.4) is 0 Å². The number of H-pyrrole nitrogens is 1. The Morgan fingerprint density at radius 2 is 2.18 bits per heavy atom. The lowest BCUT2D eigenvalue weighted by Gasteiger charge is -1.95. The van der Waals surface area contributed by atoms with E-state index >= 15 is 0 Å². The van der Waals surface area contributed by atoms with Crippen molar-refractivity contribution in [1.29, 1.82) is 0 Å². The van der Waals surface area contributed by atoms with Gasteiger partial charge >= 0.3 is 0 Å². The predicted molar refractivity (Wildman–Crippen MR) is 60.7 cm³/mol. The first-order chi connectivity index (χ1) is 8.26. The van der Waals surface area contributed by atoms with Gasteiger partial charge in [0.2, 0.25) is 11.6 Å². The summed E-state index contributed by atoms with van der Waals surface area (Å²) in [6.07, 6.45) is 0. The number of aromatic amines is 1. The lowest BCUT2D eigenvalue weighted by Crippen LogP contribution is -1.86. The maximum atomic E-state index is 5.13. The molecular formula is C11H10N4O2. The Balaban J connectivity index is 2.13. The summed E-state index contributed by atoms with van der Waals surface area (Å²) in [6, 6.07) is 5.45. The lowest BCUT2D eigenvalue weighted by atomic mass is 10.4. The molecule has 1 N–H and O–H groups in total. The van der Waals surface area contributed by atoms with Gasteiger partial charge < -0.3 is 14.2 Å². The minimum absolute atomic E-state index is 0.532. The number of pyridine rings is 1. The summed E-state index contributed by atoms with van der Waals surface area (Å²) in [7, 11) is 1.57. The first-order valence-electron chi connectivity index (χ1n) is 5.11. The lowest BCUT2D eigenvalue weighted by molar-refractivity contribution is 0.399. The van der Waals surface area contributed by atoms with E-state index in [1.807, 2.05) is 19.1 Å². The molecule has 3 heterocycles. The van der Waals surface area contributed by atoms with Crippen LogP contribution in [0.2, 0.25) is 0 Å². The maximum Gasteiger partial charge on any atom is 0.215 e. The molecule has 0 aliphatic carbocycles. The number of fused-ring (bicyclic) bond motifs is 1. The van der Waals surface area contributed by atoms with Crippen molar-refractivity contribution in [3.8, 4) is 17.5 Å². The third-order valence-electron chi connectivity index (χ3n) is 2.39. The fraction of sp³-hybridized carbons (Fsp3) is 0.182. The van der Waals surface area contributed by atoms with E-state index in [0.29, 0.717) is 23.1 Å². The van der Waals surface area contributed by atoms with E-state index in [1.54, 1.807) is 13.2 Å². The third-order valence-corrected chi connectivity index (χ3v) is 2.39. The number of aryl methyl sites for hydroxylation is 1. The summed E-state index contributed by atoms with van der Waals surface area (Å²) in [4.78, 5) is 11.7. The van der Waals surface area contributed by atoms with Crippen LogP contribution < -0.4 is 4.74 Å². The number of nitrogens with one attached hydrogen (secondary N) is 1. The van der Waals surface area contributed by atoms with Crippen molar-refractivity contribution in [3.05, 3.63) is 23.9 Å². The summed E-state index contributed by atoms with van der Waals surface area (Å²) in [6.45, 7) is 1.86. The van der Waals surface area contributed by atoms with Crippen molar-refractivity contribution in [2.45, 2.75) is 6.92 Å². The molecule has 17 heavy (non-hydrogen) atoms. The molecule has 0 aliphatic rings. The minimum Gasteiger partial charge on any atom is -0.481 e. The Morgan fingerprint density at radius 3 is 2.88 bits per heavy atom. The summed E-state index contributed by atoms with van der Waals surface area (Å²) in [5.41, 5.74) is 2.23. The molecule has 3 aromatic rings. The second-order valence-corrected chi connectivity index (χ2v) is 3.64. The molecule has 0 spiro atoms. The summed E-state index contributed by atoms with van der Waals surface area (Å²) >= 11 is 0. The monoisotopic (exact) mass is 230 g/mol. The molecule has 0 unspecified atom stereocenters. The third kappa shape index (κ3) is 1.63. The summed E-state index contributed by atoms with van der Waals surface area (Å²) in [5.74, 6) is 1.74. The number of hydrogen-bond acceptors (Lipinski definition) is 5. The van der Waals surface area contributed by atoms with Crippen LogP contribution in [-0.2, 0) is 0 Å². The number of imidazole rings is 1. The Labute approximate surface area is 96.6 Å². The van der Waals surface area contributed by atoms with Crippen molar-refractivity contribution in [2.75, 3.05) is 7.11 Å². The van der Waals surface area contributed by atoms with Crippen LogP contribution in [0.15, 0.2) is 22.7 Å². The normalized spacial score (nSPS) is 10.9. The number of rotatable bonds is 2. The molecule has 6 heteroatoms. The second kappa shape index (κ2) is 3.58. The molecule has 0 amide bonds. The maximum absolute atomic E-state index is 5.13. The van der Waals surface area contributed by atoms with Gasteiger partial charge in [0, 0.05) is 12.1 Å². The number of aromatic nitrogens is 4. The van der Waals surface area contributed by atoms with Gasteiger partial charge in [-0.15, -0.1) is 0 Å². The van der Waals surface area contributed by atoms with Crippen LogP contribution in [0.1, 0.15) is 5.69 Å². The van der Waals surface area contributed by atoms with Crippen molar-refractivity contribution in [1.82, 2.24) is 20.1 Å². The largest absolute Gasteiger partial charge is 0.481 e. The highest BCUT2D eigenvalue weighted by atomic mass is 16.5. The first kappa shape index (κ1) is 9.83. The average molecular weight is 230 g/mol. The minimum atomic E-state index is 0.532.